The minimum atomic E-state index is -0.818. The van der Waals surface area contributed by atoms with Crippen LogP contribution in [0.25, 0.3) is 6.08 Å². The number of hydrogen-bond donors (Lipinski definition) is 1. The van der Waals surface area contributed by atoms with E-state index in [1.807, 2.05) is 19.9 Å². The predicted molar refractivity (Wildman–Crippen MR) is 117 cm³/mol. The molecule has 0 aromatic heterocycles. The van der Waals surface area contributed by atoms with E-state index < -0.39 is 17.8 Å². The Morgan fingerprint density at radius 2 is 1.93 bits per heavy atom. The van der Waals surface area contributed by atoms with Crippen molar-refractivity contribution in [2.75, 3.05) is 11.5 Å². The Hall–Kier alpha value is -3.38. The molecule has 7 heteroatoms. The number of carbonyl (C=O) groups is 3. The number of amides is 4. The van der Waals surface area contributed by atoms with Crippen molar-refractivity contribution in [2.45, 2.75) is 20.3 Å². The van der Waals surface area contributed by atoms with Crippen molar-refractivity contribution >= 4 is 41.2 Å². The van der Waals surface area contributed by atoms with Crippen LogP contribution in [0.1, 0.15) is 23.6 Å². The van der Waals surface area contributed by atoms with Crippen molar-refractivity contribution in [3.05, 3.63) is 76.3 Å². The van der Waals surface area contributed by atoms with Gasteiger partial charge in [0.1, 0.15) is 11.3 Å². The highest BCUT2D eigenvalue weighted by molar-refractivity contribution is 6.39. The van der Waals surface area contributed by atoms with Gasteiger partial charge in [0, 0.05) is 5.02 Å². The zero-order valence-corrected chi connectivity index (χ0v) is 17.5. The summed E-state index contributed by atoms with van der Waals surface area (Å²) in [7, 11) is 0. The Morgan fingerprint density at radius 1 is 1.17 bits per heavy atom. The van der Waals surface area contributed by atoms with E-state index in [-0.39, 0.29) is 11.3 Å². The second-order valence-corrected chi connectivity index (χ2v) is 7.09. The SMILES string of the molecule is C=CCc1cc(/C=C2/C(=O)NC(=O)N(c3ccc(C)c(Cl)c3)C2=O)ccc1OCC. The van der Waals surface area contributed by atoms with Gasteiger partial charge in [-0.1, -0.05) is 29.8 Å². The molecule has 1 aliphatic rings. The van der Waals surface area contributed by atoms with Crippen LogP contribution < -0.4 is 15.0 Å². The Balaban J connectivity index is 2.01. The zero-order chi connectivity index (χ0) is 21.8. The number of aryl methyl sites for hydroxylation is 1. The first kappa shape index (κ1) is 21.3. The molecule has 0 radical (unpaired) electrons. The molecule has 3 rings (SSSR count). The quantitative estimate of drug-likeness (QED) is 0.422. The van der Waals surface area contributed by atoms with Crippen LogP contribution in [0.15, 0.2) is 54.6 Å². The molecule has 1 aliphatic heterocycles. The van der Waals surface area contributed by atoms with E-state index in [2.05, 4.69) is 11.9 Å². The van der Waals surface area contributed by atoms with Gasteiger partial charge in [0.15, 0.2) is 0 Å². The molecule has 1 fully saturated rings. The number of urea groups is 1. The zero-order valence-electron chi connectivity index (χ0n) is 16.7. The lowest BCUT2D eigenvalue weighted by Crippen LogP contribution is -2.54. The fourth-order valence-electron chi connectivity index (χ4n) is 3.08. The summed E-state index contributed by atoms with van der Waals surface area (Å²) in [5, 5.41) is 2.62. The summed E-state index contributed by atoms with van der Waals surface area (Å²) in [4.78, 5) is 38.6. The third-order valence-corrected chi connectivity index (χ3v) is 4.98. The van der Waals surface area contributed by atoms with E-state index in [0.717, 1.165) is 16.0 Å². The molecule has 0 atom stereocenters. The molecule has 30 heavy (non-hydrogen) atoms. The fourth-order valence-corrected chi connectivity index (χ4v) is 3.25. The average Bonchev–Trinajstić information content (AvgIpc) is 2.70. The van der Waals surface area contributed by atoms with Crippen LogP contribution in [0.2, 0.25) is 5.02 Å². The second-order valence-electron chi connectivity index (χ2n) is 6.68. The molecule has 4 amide bonds. The monoisotopic (exact) mass is 424 g/mol. The van der Waals surface area contributed by atoms with Gasteiger partial charge in [-0.15, -0.1) is 6.58 Å². The van der Waals surface area contributed by atoms with E-state index in [9.17, 15) is 14.4 Å². The maximum absolute atomic E-state index is 13.0. The Kier molecular flexibility index (Phi) is 6.37. The maximum atomic E-state index is 13.0. The second kappa shape index (κ2) is 8.97. The molecule has 0 saturated carbocycles. The Labute approximate surface area is 179 Å². The van der Waals surface area contributed by atoms with Crippen molar-refractivity contribution in [1.82, 2.24) is 5.32 Å². The summed E-state index contributed by atoms with van der Waals surface area (Å²) in [5.41, 5.74) is 2.44. The van der Waals surface area contributed by atoms with Crippen LogP contribution in [-0.4, -0.2) is 24.5 Å². The summed E-state index contributed by atoms with van der Waals surface area (Å²) in [5.74, 6) is -0.758. The van der Waals surface area contributed by atoms with Crippen LogP contribution >= 0.6 is 11.6 Å². The minimum absolute atomic E-state index is 0.153. The highest BCUT2D eigenvalue weighted by atomic mass is 35.5. The highest BCUT2D eigenvalue weighted by Crippen LogP contribution is 2.28. The molecule has 0 spiro atoms. The molecule has 1 N–H and O–H groups in total. The number of halogens is 1. The average molecular weight is 425 g/mol. The third kappa shape index (κ3) is 4.28. The standard InChI is InChI=1S/C23H21ClN2O4/c1-4-6-16-11-15(8-10-20(16)30-5-2)12-18-21(27)25-23(29)26(22(18)28)17-9-7-14(3)19(24)13-17/h4,7-13H,1,5-6H2,2-3H3,(H,25,27,29)/b18-12-. The van der Waals surface area contributed by atoms with E-state index in [4.69, 9.17) is 16.3 Å². The number of barbiturate groups is 1. The van der Waals surface area contributed by atoms with Crippen molar-refractivity contribution in [3.63, 3.8) is 0 Å². The highest BCUT2D eigenvalue weighted by Gasteiger charge is 2.37. The molecule has 2 aromatic rings. The predicted octanol–water partition coefficient (Wildman–Crippen LogP) is 4.44. The van der Waals surface area contributed by atoms with Crippen molar-refractivity contribution in [1.29, 1.82) is 0 Å². The summed E-state index contributed by atoms with van der Waals surface area (Å²) in [6.07, 6.45) is 3.77. The molecule has 1 saturated heterocycles. The minimum Gasteiger partial charge on any atom is -0.494 e. The smallest absolute Gasteiger partial charge is 0.335 e. The third-order valence-electron chi connectivity index (χ3n) is 4.57. The lowest BCUT2D eigenvalue weighted by molar-refractivity contribution is -0.122. The number of hydrogen-bond acceptors (Lipinski definition) is 4. The van der Waals surface area contributed by atoms with Crippen LogP contribution in [0.5, 0.6) is 5.75 Å². The van der Waals surface area contributed by atoms with Gasteiger partial charge < -0.3 is 4.74 Å². The lowest BCUT2D eigenvalue weighted by Gasteiger charge is -2.26. The van der Waals surface area contributed by atoms with Gasteiger partial charge in [-0.05, 0) is 67.3 Å². The lowest BCUT2D eigenvalue weighted by atomic mass is 10.0. The number of ether oxygens (including phenoxy) is 1. The summed E-state index contributed by atoms with van der Waals surface area (Å²) < 4.78 is 5.61. The molecule has 154 valence electrons. The number of rotatable bonds is 6. The largest absolute Gasteiger partial charge is 0.494 e. The molecule has 0 bridgehead atoms. The van der Waals surface area contributed by atoms with Crippen molar-refractivity contribution in [2.24, 2.45) is 0 Å². The fraction of sp³-hybridized carbons (Fsp3) is 0.174. The maximum Gasteiger partial charge on any atom is 0.335 e. The molecule has 2 aromatic carbocycles. The normalized spacial score (nSPS) is 15.4. The van der Waals surface area contributed by atoms with Crippen LogP contribution in [0.4, 0.5) is 10.5 Å². The molecule has 1 heterocycles. The topological polar surface area (TPSA) is 75.7 Å². The Bertz CT molecular complexity index is 1070. The summed E-state index contributed by atoms with van der Waals surface area (Å²) >= 11 is 6.14. The van der Waals surface area contributed by atoms with Gasteiger partial charge in [0.2, 0.25) is 0 Å². The first-order chi connectivity index (χ1) is 14.3. The number of benzene rings is 2. The van der Waals surface area contributed by atoms with Crippen molar-refractivity contribution in [3.8, 4) is 5.75 Å². The van der Waals surface area contributed by atoms with Crippen LogP contribution in [0.3, 0.4) is 0 Å². The van der Waals surface area contributed by atoms with Crippen molar-refractivity contribution < 1.29 is 19.1 Å². The van der Waals surface area contributed by atoms with Crippen LogP contribution in [0, 0.1) is 6.92 Å². The van der Waals surface area contributed by atoms with E-state index in [1.54, 1.807) is 30.3 Å². The van der Waals surface area contributed by atoms with E-state index in [0.29, 0.717) is 29.4 Å². The first-order valence-corrected chi connectivity index (χ1v) is 9.77. The van der Waals surface area contributed by atoms with Gasteiger partial charge in [0.05, 0.1) is 12.3 Å². The number of imide groups is 2. The van der Waals surface area contributed by atoms with E-state index >= 15 is 0 Å². The van der Waals surface area contributed by atoms with Gasteiger partial charge in [-0.3, -0.25) is 14.9 Å². The number of nitrogens with one attached hydrogen (secondary N) is 1. The van der Waals surface area contributed by atoms with Crippen LogP contribution in [-0.2, 0) is 16.0 Å². The van der Waals surface area contributed by atoms with Gasteiger partial charge in [-0.2, -0.15) is 0 Å². The summed E-state index contributed by atoms with van der Waals surface area (Å²) in [6.45, 7) is 7.96. The molecule has 0 aliphatic carbocycles. The van der Waals surface area contributed by atoms with Gasteiger partial charge in [-0.25, -0.2) is 9.69 Å². The molecule has 6 nitrogen and oxygen atoms in total. The van der Waals surface area contributed by atoms with Gasteiger partial charge in [0.25, 0.3) is 11.8 Å². The number of anilines is 1. The van der Waals surface area contributed by atoms with E-state index in [1.165, 1.54) is 12.1 Å². The number of nitrogens with zero attached hydrogens (tertiary/aromatic N) is 1. The number of carbonyl (C=O) groups excluding carboxylic acids is 3. The summed E-state index contributed by atoms with van der Waals surface area (Å²) in [6, 6.07) is 9.35. The Morgan fingerprint density at radius 3 is 2.60 bits per heavy atom. The molecular formula is C23H21ClN2O4. The first-order valence-electron chi connectivity index (χ1n) is 9.40. The van der Waals surface area contributed by atoms with Gasteiger partial charge >= 0.3 is 6.03 Å². The number of allylic oxidation sites excluding steroid dienone is 1. The molecule has 0 unspecified atom stereocenters. The molecular weight excluding hydrogens is 404 g/mol.